The highest BCUT2D eigenvalue weighted by atomic mass is 16.5. The molecule has 0 saturated carbocycles. The van der Waals surface area contributed by atoms with Crippen molar-refractivity contribution in [1.82, 2.24) is 20.7 Å². The number of nitrogens with two attached hydrogens (primary N) is 1. The topological polar surface area (TPSA) is 164 Å². The van der Waals surface area contributed by atoms with Gasteiger partial charge in [-0.3, -0.25) is 25.8 Å². The Bertz CT molecular complexity index is 1310. The van der Waals surface area contributed by atoms with Crippen LogP contribution in [0, 0.1) is 5.41 Å². The number of hydrazine groups is 1. The first-order valence-electron chi connectivity index (χ1n) is 12.6. The number of nitrogens with one attached hydrogen (secondary N) is 4. The van der Waals surface area contributed by atoms with Gasteiger partial charge in [-0.1, -0.05) is 6.07 Å². The third-order valence-corrected chi connectivity index (χ3v) is 5.67. The van der Waals surface area contributed by atoms with Crippen molar-refractivity contribution in [1.29, 1.82) is 5.41 Å². The Labute approximate surface area is 233 Å². The lowest BCUT2D eigenvalue weighted by molar-refractivity contribution is -0.122. The fraction of sp³-hybridized carbons (Fsp3) is 0.286. The zero-order valence-electron chi connectivity index (χ0n) is 23.0. The number of amidine groups is 1. The van der Waals surface area contributed by atoms with Crippen LogP contribution in [0.3, 0.4) is 0 Å². The molecule has 0 radical (unpaired) electrons. The second kappa shape index (κ2) is 14.4. The largest absolute Gasteiger partial charge is 0.490 e. The number of aromatic nitrogens is 1. The van der Waals surface area contributed by atoms with Crippen LogP contribution in [-0.4, -0.2) is 68.5 Å². The van der Waals surface area contributed by atoms with Gasteiger partial charge in [-0.25, -0.2) is 4.98 Å². The van der Waals surface area contributed by atoms with Crippen LogP contribution in [0.4, 0.5) is 5.69 Å². The first kappa shape index (κ1) is 29.7. The maximum absolute atomic E-state index is 13.4. The molecular formula is C28H35N7O5. The van der Waals surface area contributed by atoms with E-state index in [2.05, 4.69) is 21.2 Å². The molecule has 1 aromatic heterocycles. The van der Waals surface area contributed by atoms with E-state index < -0.39 is 17.9 Å². The number of carbonyl (C=O) groups is 2. The van der Waals surface area contributed by atoms with Crippen molar-refractivity contribution in [3.63, 3.8) is 0 Å². The summed E-state index contributed by atoms with van der Waals surface area (Å²) < 4.78 is 16.9. The number of pyridine rings is 1. The molecule has 12 heteroatoms. The number of methoxy groups -OCH3 is 1. The standard InChI is InChI=1S/C28H35N7O5/c1-5-39-23-17-19(10-13-22(23)40-16-15-35(2)3)24(32-20-11-8-18(9-12-20)25(29)30)27(37)34-33-26(36)21-7-6-14-31-28(21)38-4/h6-14,17,24,32H,5,15-16H2,1-4H3,(H3,29,30)(H,33,36)(H,34,37). The molecule has 0 saturated heterocycles. The van der Waals surface area contributed by atoms with Crippen molar-refractivity contribution in [2.24, 2.45) is 5.73 Å². The first-order chi connectivity index (χ1) is 19.2. The SMILES string of the molecule is CCOc1cc(C(Nc2ccc(C(=N)N)cc2)C(=O)NNC(=O)c2cccnc2OC)ccc1OCCN(C)C. The molecule has 12 nitrogen and oxygen atoms in total. The maximum atomic E-state index is 13.4. The van der Waals surface area contributed by atoms with Gasteiger partial charge in [0.2, 0.25) is 5.88 Å². The van der Waals surface area contributed by atoms with E-state index in [4.69, 9.17) is 25.4 Å². The van der Waals surface area contributed by atoms with Gasteiger partial charge in [-0.2, -0.15) is 0 Å². The summed E-state index contributed by atoms with van der Waals surface area (Å²) in [5.41, 5.74) is 12.3. The molecule has 0 aliphatic carbocycles. The van der Waals surface area contributed by atoms with E-state index in [0.29, 0.717) is 41.5 Å². The number of nitrogen functional groups attached to an aromatic ring is 1. The Morgan fingerprint density at radius 1 is 1.05 bits per heavy atom. The molecule has 0 aliphatic rings. The minimum atomic E-state index is -0.950. The van der Waals surface area contributed by atoms with Crippen LogP contribution in [0.15, 0.2) is 60.8 Å². The van der Waals surface area contributed by atoms with Crippen LogP contribution in [0.25, 0.3) is 0 Å². The zero-order valence-corrected chi connectivity index (χ0v) is 23.0. The molecule has 212 valence electrons. The molecule has 6 N–H and O–H groups in total. The molecule has 1 unspecified atom stereocenters. The van der Waals surface area contributed by atoms with E-state index in [1.54, 1.807) is 48.5 Å². The number of likely N-dealkylation sites (N-methyl/N-ethyl adjacent to an activating group) is 1. The summed E-state index contributed by atoms with van der Waals surface area (Å²) in [6, 6.07) is 14.1. The van der Waals surface area contributed by atoms with Crippen molar-refractivity contribution in [2.75, 3.05) is 46.3 Å². The number of anilines is 1. The smallest absolute Gasteiger partial charge is 0.275 e. The summed E-state index contributed by atoms with van der Waals surface area (Å²) in [6.45, 7) is 3.43. The van der Waals surface area contributed by atoms with Crippen LogP contribution in [0.1, 0.15) is 34.5 Å². The van der Waals surface area contributed by atoms with E-state index in [1.165, 1.54) is 19.4 Å². The summed E-state index contributed by atoms with van der Waals surface area (Å²) in [6.07, 6.45) is 1.50. The molecule has 2 amide bonds. The summed E-state index contributed by atoms with van der Waals surface area (Å²) in [5.74, 6) is -0.0526. The van der Waals surface area contributed by atoms with Crippen LogP contribution >= 0.6 is 0 Å². The predicted molar refractivity (Wildman–Crippen MR) is 152 cm³/mol. The Hall–Kier alpha value is -4.84. The van der Waals surface area contributed by atoms with Crippen molar-refractivity contribution < 1.29 is 23.8 Å². The Kier molecular flexibility index (Phi) is 10.7. The number of amides is 2. The highest BCUT2D eigenvalue weighted by Gasteiger charge is 2.24. The van der Waals surface area contributed by atoms with Crippen LogP contribution in [0.2, 0.25) is 0 Å². The quantitative estimate of drug-likeness (QED) is 0.122. The van der Waals surface area contributed by atoms with Gasteiger partial charge in [0.1, 0.15) is 24.0 Å². The Morgan fingerprint density at radius 2 is 1.80 bits per heavy atom. The highest BCUT2D eigenvalue weighted by molar-refractivity contribution is 5.98. The lowest BCUT2D eigenvalue weighted by Crippen LogP contribution is -2.45. The number of ether oxygens (including phenoxy) is 3. The van der Waals surface area contributed by atoms with Crippen LogP contribution in [-0.2, 0) is 4.79 Å². The van der Waals surface area contributed by atoms with Gasteiger partial charge in [0, 0.05) is 24.0 Å². The Morgan fingerprint density at radius 3 is 2.45 bits per heavy atom. The normalized spacial score (nSPS) is 11.3. The average molecular weight is 550 g/mol. The van der Waals surface area contributed by atoms with Gasteiger partial charge >= 0.3 is 0 Å². The van der Waals surface area contributed by atoms with E-state index in [9.17, 15) is 9.59 Å². The van der Waals surface area contributed by atoms with E-state index in [0.717, 1.165) is 6.54 Å². The van der Waals surface area contributed by atoms with Gasteiger partial charge < -0.3 is 30.2 Å². The van der Waals surface area contributed by atoms with E-state index in [1.807, 2.05) is 25.9 Å². The second-order valence-corrected chi connectivity index (χ2v) is 8.86. The van der Waals surface area contributed by atoms with E-state index >= 15 is 0 Å². The van der Waals surface area contributed by atoms with Gasteiger partial charge in [0.15, 0.2) is 11.5 Å². The number of nitrogens with zero attached hydrogens (tertiary/aromatic N) is 2. The Balaban J connectivity index is 1.87. The number of hydrogen-bond acceptors (Lipinski definition) is 9. The summed E-state index contributed by atoms with van der Waals surface area (Å²) in [5, 5.41) is 10.8. The van der Waals surface area contributed by atoms with E-state index in [-0.39, 0.29) is 17.3 Å². The maximum Gasteiger partial charge on any atom is 0.275 e. The molecule has 3 rings (SSSR count). The van der Waals surface area contributed by atoms with Gasteiger partial charge in [-0.05, 0) is 75.1 Å². The number of carbonyl (C=O) groups excluding carboxylic acids is 2. The fourth-order valence-corrected chi connectivity index (χ4v) is 3.63. The number of benzene rings is 2. The molecular weight excluding hydrogens is 514 g/mol. The minimum absolute atomic E-state index is 0.0689. The van der Waals surface area contributed by atoms with Crippen molar-refractivity contribution >= 4 is 23.3 Å². The lowest BCUT2D eigenvalue weighted by atomic mass is 10.0. The van der Waals surface area contributed by atoms with Gasteiger partial charge in [-0.15, -0.1) is 0 Å². The summed E-state index contributed by atoms with van der Waals surface area (Å²) in [4.78, 5) is 32.2. The van der Waals surface area contributed by atoms with Crippen LogP contribution in [0.5, 0.6) is 17.4 Å². The van der Waals surface area contributed by atoms with Gasteiger partial charge in [0.25, 0.3) is 11.8 Å². The van der Waals surface area contributed by atoms with Crippen molar-refractivity contribution in [3.8, 4) is 17.4 Å². The molecule has 0 fully saturated rings. The summed E-state index contributed by atoms with van der Waals surface area (Å²) in [7, 11) is 5.31. The second-order valence-electron chi connectivity index (χ2n) is 8.86. The third-order valence-electron chi connectivity index (χ3n) is 5.67. The fourth-order valence-electron chi connectivity index (χ4n) is 3.63. The molecule has 0 spiro atoms. The molecule has 40 heavy (non-hydrogen) atoms. The molecule has 2 aromatic carbocycles. The predicted octanol–water partition coefficient (Wildman–Crippen LogP) is 2.33. The zero-order chi connectivity index (χ0) is 29.1. The third kappa shape index (κ3) is 8.08. The lowest BCUT2D eigenvalue weighted by Gasteiger charge is -2.22. The van der Waals surface area contributed by atoms with Crippen LogP contribution < -0.4 is 36.1 Å². The van der Waals surface area contributed by atoms with Crippen molar-refractivity contribution in [2.45, 2.75) is 13.0 Å². The minimum Gasteiger partial charge on any atom is -0.490 e. The number of rotatable bonds is 13. The first-order valence-corrected chi connectivity index (χ1v) is 12.6. The number of hydrogen-bond donors (Lipinski definition) is 5. The summed E-state index contributed by atoms with van der Waals surface area (Å²) >= 11 is 0. The molecule has 0 aliphatic heterocycles. The van der Waals surface area contributed by atoms with Gasteiger partial charge in [0.05, 0.1) is 13.7 Å². The monoisotopic (exact) mass is 549 g/mol. The average Bonchev–Trinajstić information content (AvgIpc) is 2.95. The molecule has 3 aromatic rings. The molecule has 1 atom stereocenters. The highest BCUT2D eigenvalue weighted by Crippen LogP contribution is 2.32. The molecule has 0 bridgehead atoms. The molecule has 1 heterocycles. The van der Waals surface area contributed by atoms with Crippen molar-refractivity contribution in [3.05, 3.63) is 77.5 Å².